The molecule has 3 N–H and O–H groups in total. The average molecular weight is 795 g/mol. The number of hydrogen-bond donors (Lipinski definition) is 3. The SMILES string of the molecule is CC/C=C\C/C=C\C/C=C\C/C=C\C/C=C\CCCCOCC(COP(=O)(O)OCC(O)CO)OC(=O)CCCCCCC/C=C\CCCCCCCCC. The number of unbranched alkanes of at least 4 members (excludes halogenated alkanes) is 14. The van der Waals surface area contributed by atoms with Gasteiger partial charge in [-0.1, -0.05) is 145 Å². The Morgan fingerprint density at radius 1 is 0.582 bits per heavy atom. The number of ether oxygens (including phenoxy) is 2. The molecule has 0 amide bonds. The van der Waals surface area contributed by atoms with E-state index in [0.717, 1.165) is 83.5 Å². The minimum absolute atomic E-state index is 0.0130. The summed E-state index contributed by atoms with van der Waals surface area (Å²) in [4.78, 5) is 22.6. The van der Waals surface area contributed by atoms with Crippen molar-refractivity contribution < 1.29 is 43.0 Å². The molecule has 3 atom stereocenters. The molecule has 318 valence electrons. The van der Waals surface area contributed by atoms with Crippen molar-refractivity contribution in [3.63, 3.8) is 0 Å². The quantitative estimate of drug-likeness (QED) is 0.0240. The highest BCUT2D eigenvalue weighted by atomic mass is 31.2. The predicted molar refractivity (Wildman–Crippen MR) is 228 cm³/mol. The summed E-state index contributed by atoms with van der Waals surface area (Å²) in [6.45, 7) is 3.26. The minimum Gasteiger partial charge on any atom is -0.457 e. The fourth-order valence-corrected chi connectivity index (χ4v) is 6.16. The second kappa shape index (κ2) is 41.5. The lowest BCUT2D eigenvalue weighted by molar-refractivity contribution is -0.154. The first-order valence-electron chi connectivity index (χ1n) is 21.4. The van der Waals surface area contributed by atoms with E-state index in [2.05, 4.69) is 86.8 Å². The third-order valence-electron chi connectivity index (χ3n) is 8.63. The maximum atomic E-state index is 12.6. The number of phosphoric ester groups is 1. The van der Waals surface area contributed by atoms with Gasteiger partial charge in [0.15, 0.2) is 0 Å². The molecule has 10 heteroatoms. The van der Waals surface area contributed by atoms with Gasteiger partial charge in [0.2, 0.25) is 0 Å². The summed E-state index contributed by atoms with van der Waals surface area (Å²) in [7, 11) is -4.53. The highest BCUT2D eigenvalue weighted by Gasteiger charge is 2.26. The topological polar surface area (TPSA) is 132 Å². The number of hydrogen-bond acceptors (Lipinski definition) is 8. The van der Waals surface area contributed by atoms with Crippen molar-refractivity contribution in [2.24, 2.45) is 0 Å². The van der Waals surface area contributed by atoms with Crippen molar-refractivity contribution in [3.8, 4) is 0 Å². The predicted octanol–water partition coefficient (Wildman–Crippen LogP) is 11.8. The van der Waals surface area contributed by atoms with E-state index in [-0.39, 0.29) is 13.0 Å². The monoisotopic (exact) mass is 795 g/mol. The van der Waals surface area contributed by atoms with E-state index < -0.39 is 45.8 Å². The molecule has 9 nitrogen and oxygen atoms in total. The number of aliphatic hydroxyl groups excluding tert-OH is 2. The number of esters is 1. The molecule has 0 aromatic carbocycles. The third-order valence-corrected chi connectivity index (χ3v) is 9.58. The number of phosphoric acid groups is 1. The first kappa shape index (κ1) is 52.9. The standard InChI is InChI=1S/C45H79O9P/c1-3-5-7-9-11-13-15-17-19-21-22-24-26-28-30-32-34-36-38-51-41-44(42-53-55(49,50)52-40-43(47)39-46)54-45(48)37-35-33-31-29-27-25-23-20-18-16-14-12-10-8-6-4-2/h5,7,11,13,17,19-20,22-24,28,30,43-44,46-47H,3-4,6,8-10,12,14-16,18,21,25-27,29,31-42H2,1-2H3,(H,49,50)/b7-5-,13-11-,19-17-,23-20-,24-22-,30-28-. The molecule has 0 aliphatic heterocycles. The van der Waals surface area contributed by atoms with Crippen LogP contribution in [0.15, 0.2) is 72.9 Å². The van der Waals surface area contributed by atoms with Crippen LogP contribution >= 0.6 is 7.82 Å². The molecule has 0 fully saturated rings. The Labute approximate surface area is 335 Å². The van der Waals surface area contributed by atoms with Crippen molar-refractivity contribution in [1.29, 1.82) is 0 Å². The molecule has 0 rings (SSSR count). The summed E-state index contributed by atoms with van der Waals surface area (Å²) in [6, 6.07) is 0. The Balaban J connectivity index is 4.30. The molecule has 0 saturated carbocycles. The number of rotatable bonds is 40. The zero-order valence-electron chi connectivity index (χ0n) is 34.6. The molecular weight excluding hydrogens is 715 g/mol. The van der Waals surface area contributed by atoms with Crippen molar-refractivity contribution in [3.05, 3.63) is 72.9 Å². The molecule has 55 heavy (non-hydrogen) atoms. The molecule has 0 aliphatic rings. The van der Waals surface area contributed by atoms with Crippen LogP contribution in [-0.2, 0) is 27.9 Å². The maximum Gasteiger partial charge on any atom is 0.472 e. The Bertz CT molecular complexity index is 1080. The van der Waals surface area contributed by atoms with Crippen LogP contribution in [0.25, 0.3) is 0 Å². The van der Waals surface area contributed by atoms with E-state index in [9.17, 15) is 19.4 Å². The molecule has 0 aromatic rings. The summed E-state index contributed by atoms with van der Waals surface area (Å²) < 4.78 is 33.3. The summed E-state index contributed by atoms with van der Waals surface area (Å²) in [5, 5.41) is 18.3. The number of allylic oxidation sites excluding steroid dienone is 12. The molecule has 0 heterocycles. The van der Waals surface area contributed by atoms with Gasteiger partial charge in [0.05, 0.1) is 26.4 Å². The summed E-state index contributed by atoms with van der Waals surface area (Å²) in [5.74, 6) is -0.409. The second-order valence-corrected chi connectivity index (χ2v) is 15.4. The van der Waals surface area contributed by atoms with Crippen molar-refractivity contribution in [2.75, 3.05) is 33.0 Å². The van der Waals surface area contributed by atoms with Crippen LogP contribution in [0, 0.1) is 0 Å². The molecular formula is C45H79O9P. The van der Waals surface area contributed by atoms with Gasteiger partial charge >= 0.3 is 13.8 Å². The largest absolute Gasteiger partial charge is 0.472 e. The van der Waals surface area contributed by atoms with Gasteiger partial charge in [-0.15, -0.1) is 0 Å². The minimum atomic E-state index is -4.53. The zero-order valence-corrected chi connectivity index (χ0v) is 35.5. The normalized spacial score (nSPS) is 14.8. The Morgan fingerprint density at radius 3 is 1.58 bits per heavy atom. The van der Waals surface area contributed by atoms with E-state index >= 15 is 0 Å². The van der Waals surface area contributed by atoms with Gasteiger partial charge in [0, 0.05) is 13.0 Å². The molecule has 0 aromatic heterocycles. The van der Waals surface area contributed by atoms with Crippen LogP contribution in [0.2, 0.25) is 0 Å². The van der Waals surface area contributed by atoms with E-state index in [0.29, 0.717) is 13.0 Å². The Morgan fingerprint density at radius 2 is 1.04 bits per heavy atom. The Kier molecular flexibility index (Phi) is 39.9. The lowest BCUT2D eigenvalue weighted by Gasteiger charge is -2.20. The smallest absolute Gasteiger partial charge is 0.457 e. The van der Waals surface area contributed by atoms with Gasteiger partial charge in [-0.3, -0.25) is 13.8 Å². The summed E-state index contributed by atoms with van der Waals surface area (Å²) in [5.41, 5.74) is 0. The zero-order chi connectivity index (χ0) is 40.3. The van der Waals surface area contributed by atoms with Gasteiger partial charge in [-0.2, -0.15) is 0 Å². The molecule has 0 radical (unpaired) electrons. The van der Waals surface area contributed by atoms with Crippen LogP contribution in [0.1, 0.15) is 162 Å². The van der Waals surface area contributed by atoms with Crippen LogP contribution < -0.4 is 0 Å². The van der Waals surface area contributed by atoms with Gasteiger partial charge in [0.25, 0.3) is 0 Å². The highest BCUT2D eigenvalue weighted by molar-refractivity contribution is 7.47. The first-order chi connectivity index (χ1) is 26.8. The second-order valence-electron chi connectivity index (χ2n) is 14.0. The van der Waals surface area contributed by atoms with Crippen molar-refractivity contribution in [2.45, 2.75) is 174 Å². The lowest BCUT2D eigenvalue weighted by Crippen LogP contribution is -2.29. The van der Waals surface area contributed by atoms with Gasteiger partial charge in [-0.05, 0) is 83.5 Å². The number of carbonyl (C=O) groups is 1. The molecule has 0 bridgehead atoms. The lowest BCUT2D eigenvalue weighted by atomic mass is 10.1. The van der Waals surface area contributed by atoms with E-state index in [1.54, 1.807) is 0 Å². The number of carbonyl (C=O) groups excluding carboxylic acids is 1. The molecule has 3 unspecified atom stereocenters. The van der Waals surface area contributed by atoms with E-state index in [1.807, 2.05) is 0 Å². The molecule has 0 saturated heterocycles. The van der Waals surface area contributed by atoms with Crippen LogP contribution in [0.4, 0.5) is 0 Å². The van der Waals surface area contributed by atoms with Gasteiger partial charge < -0.3 is 24.6 Å². The van der Waals surface area contributed by atoms with Crippen LogP contribution in [0.3, 0.4) is 0 Å². The van der Waals surface area contributed by atoms with E-state index in [1.165, 1.54) is 51.4 Å². The first-order valence-corrected chi connectivity index (χ1v) is 22.9. The fourth-order valence-electron chi connectivity index (χ4n) is 5.38. The van der Waals surface area contributed by atoms with Crippen LogP contribution in [0.5, 0.6) is 0 Å². The Hall–Kier alpha value is -2.10. The van der Waals surface area contributed by atoms with Crippen molar-refractivity contribution >= 4 is 13.8 Å². The van der Waals surface area contributed by atoms with Gasteiger partial charge in [0.1, 0.15) is 12.2 Å². The fraction of sp³-hybridized carbons (Fsp3) is 0.711. The average Bonchev–Trinajstić information content (AvgIpc) is 3.18. The molecule has 0 aliphatic carbocycles. The maximum absolute atomic E-state index is 12.6. The third kappa shape index (κ3) is 41.4. The summed E-state index contributed by atoms with van der Waals surface area (Å²) in [6.07, 6.45) is 48.6. The van der Waals surface area contributed by atoms with Crippen molar-refractivity contribution in [1.82, 2.24) is 0 Å². The van der Waals surface area contributed by atoms with Crippen LogP contribution in [-0.4, -0.2) is 66.3 Å². The molecule has 0 spiro atoms. The number of aliphatic hydroxyl groups is 2. The van der Waals surface area contributed by atoms with Gasteiger partial charge in [-0.25, -0.2) is 4.57 Å². The van der Waals surface area contributed by atoms with E-state index in [4.69, 9.17) is 23.6 Å². The highest BCUT2D eigenvalue weighted by Crippen LogP contribution is 2.43. The summed E-state index contributed by atoms with van der Waals surface area (Å²) >= 11 is 0.